The topological polar surface area (TPSA) is 77.0 Å². The minimum atomic E-state index is -0.693. The molecule has 2 atom stereocenters. The van der Waals surface area contributed by atoms with Crippen molar-refractivity contribution in [3.63, 3.8) is 0 Å². The summed E-state index contributed by atoms with van der Waals surface area (Å²) in [6.45, 7) is 0.631. The zero-order valence-corrected chi connectivity index (χ0v) is 13.8. The molecule has 2 unspecified atom stereocenters. The van der Waals surface area contributed by atoms with Crippen molar-refractivity contribution in [1.82, 2.24) is 5.32 Å². The molecule has 24 heavy (non-hydrogen) atoms. The van der Waals surface area contributed by atoms with Gasteiger partial charge in [-0.25, -0.2) is 0 Å². The van der Waals surface area contributed by atoms with Crippen LogP contribution in [0.15, 0.2) is 41.8 Å². The fourth-order valence-corrected chi connectivity index (χ4v) is 3.14. The van der Waals surface area contributed by atoms with Crippen molar-refractivity contribution >= 4 is 17.2 Å². The number of thiophene rings is 1. The number of fused-ring (bicyclic) bond motifs is 1. The second-order valence-electron chi connectivity index (χ2n) is 5.21. The van der Waals surface area contributed by atoms with Gasteiger partial charge in [-0.2, -0.15) is 0 Å². The molecule has 1 amide bonds. The lowest BCUT2D eigenvalue weighted by Gasteiger charge is -2.26. The first-order valence-corrected chi connectivity index (χ1v) is 8.58. The van der Waals surface area contributed by atoms with E-state index in [1.165, 1.54) is 0 Å². The molecule has 1 aromatic carbocycles. The molecule has 1 aliphatic heterocycles. The lowest BCUT2D eigenvalue weighted by molar-refractivity contribution is -0.131. The number of rotatable bonds is 7. The number of aliphatic hydroxyl groups is 1. The highest BCUT2D eigenvalue weighted by molar-refractivity contribution is 7.10. The fourth-order valence-electron chi connectivity index (χ4n) is 2.37. The molecular formula is C17H19NO5S. The van der Waals surface area contributed by atoms with Crippen molar-refractivity contribution in [3.8, 4) is 11.5 Å². The average molecular weight is 349 g/mol. The van der Waals surface area contributed by atoms with Crippen LogP contribution in [0.2, 0.25) is 0 Å². The Morgan fingerprint density at radius 3 is 2.92 bits per heavy atom. The van der Waals surface area contributed by atoms with Gasteiger partial charge in [0.2, 0.25) is 6.10 Å². The molecule has 2 aromatic rings. The zero-order chi connectivity index (χ0) is 16.8. The third-order valence-corrected chi connectivity index (χ3v) is 4.50. The maximum absolute atomic E-state index is 12.3. The van der Waals surface area contributed by atoms with Gasteiger partial charge >= 0.3 is 0 Å². The van der Waals surface area contributed by atoms with Crippen LogP contribution >= 0.6 is 11.3 Å². The zero-order valence-electron chi connectivity index (χ0n) is 13.0. The first-order valence-electron chi connectivity index (χ1n) is 7.70. The Morgan fingerprint density at radius 1 is 1.33 bits per heavy atom. The van der Waals surface area contributed by atoms with Gasteiger partial charge in [-0.3, -0.25) is 4.79 Å². The number of ether oxygens (including phenoxy) is 3. The number of hydrogen-bond acceptors (Lipinski definition) is 6. The number of carbonyl (C=O) groups excluding carboxylic acids is 1. The molecule has 2 heterocycles. The van der Waals surface area contributed by atoms with E-state index in [4.69, 9.17) is 19.3 Å². The minimum Gasteiger partial charge on any atom is -0.485 e. The van der Waals surface area contributed by atoms with Crippen LogP contribution < -0.4 is 14.8 Å². The Morgan fingerprint density at radius 2 is 2.17 bits per heavy atom. The molecule has 0 aliphatic carbocycles. The van der Waals surface area contributed by atoms with Crippen molar-refractivity contribution < 1.29 is 24.1 Å². The third kappa shape index (κ3) is 4.05. The molecule has 0 saturated heterocycles. The summed E-state index contributed by atoms with van der Waals surface area (Å²) in [5.74, 6) is 0.957. The standard InChI is InChI=1S/C17H19NO5S/c19-7-8-21-14(16-6-3-9-24-16)10-18-17(20)15-11-22-12-4-1-2-5-13(12)23-15/h1-6,9,14-15,19H,7-8,10-11H2,(H,18,20). The van der Waals surface area contributed by atoms with E-state index >= 15 is 0 Å². The van der Waals surface area contributed by atoms with E-state index in [9.17, 15) is 4.79 Å². The van der Waals surface area contributed by atoms with E-state index in [0.717, 1.165) is 4.88 Å². The largest absolute Gasteiger partial charge is 0.485 e. The summed E-state index contributed by atoms with van der Waals surface area (Å²) < 4.78 is 16.8. The van der Waals surface area contributed by atoms with Crippen molar-refractivity contribution in [2.45, 2.75) is 12.2 Å². The van der Waals surface area contributed by atoms with Gasteiger partial charge in [0, 0.05) is 11.4 Å². The predicted octanol–water partition coefficient (Wildman–Crippen LogP) is 1.75. The molecule has 0 radical (unpaired) electrons. The van der Waals surface area contributed by atoms with Gasteiger partial charge in [-0.15, -0.1) is 11.3 Å². The van der Waals surface area contributed by atoms with Gasteiger partial charge in [0.25, 0.3) is 5.91 Å². The van der Waals surface area contributed by atoms with E-state index in [1.54, 1.807) is 23.5 Å². The predicted molar refractivity (Wildman–Crippen MR) is 89.5 cm³/mol. The van der Waals surface area contributed by atoms with Crippen LogP contribution in [-0.4, -0.2) is 43.5 Å². The van der Waals surface area contributed by atoms with Crippen molar-refractivity contribution in [2.24, 2.45) is 0 Å². The smallest absolute Gasteiger partial charge is 0.264 e. The van der Waals surface area contributed by atoms with E-state index in [-0.39, 0.29) is 31.8 Å². The Kier molecular flexibility index (Phi) is 5.68. The van der Waals surface area contributed by atoms with Crippen molar-refractivity contribution in [2.75, 3.05) is 26.4 Å². The summed E-state index contributed by atoms with van der Waals surface area (Å²) >= 11 is 1.55. The minimum absolute atomic E-state index is 0.0633. The third-order valence-electron chi connectivity index (χ3n) is 3.53. The maximum Gasteiger partial charge on any atom is 0.264 e. The van der Waals surface area contributed by atoms with Crippen LogP contribution in [0.4, 0.5) is 0 Å². The average Bonchev–Trinajstić information content (AvgIpc) is 3.15. The first-order chi connectivity index (χ1) is 11.8. The summed E-state index contributed by atoms with van der Waals surface area (Å²) in [4.78, 5) is 13.3. The number of aliphatic hydroxyl groups excluding tert-OH is 1. The summed E-state index contributed by atoms with van der Waals surface area (Å²) in [6.07, 6.45) is -0.986. The normalized spacial score (nSPS) is 17.3. The molecule has 3 rings (SSSR count). The van der Waals surface area contributed by atoms with Crippen LogP contribution in [0, 0.1) is 0 Å². The van der Waals surface area contributed by atoms with Gasteiger partial charge in [0.15, 0.2) is 11.5 Å². The van der Waals surface area contributed by atoms with Crippen molar-refractivity contribution in [1.29, 1.82) is 0 Å². The first kappa shape index (κ1) is 16.8. The highest BCUT2D eigenvalue weighted by Gasteiger charge is 2.27. The number of para-hydroxylation sites is 2. The Hall–Kier alpha value is -2.09. The molecular weight excluding hydrogens is 330 g/mol. The van der Waals surface area contributed by atoms with Crippen LogP contribution in [0.1, 0.15) is 11.0 Å². The molecule has 0 bridgehead atoms. The van der Waals surface area contributed by atoms with E-state index in [0.29, 0.717) is 18.0 Å². The fraction of sp³-hybridized carbons (Fsp3) is 0.353. The molecule has 1 aromatic heterocycles. The summed E-state index contributed by atoms with van der Waals surface area (Å²) in [6, 6.07) is 11.1. The highest BCUT2D eigenvalue weighted by atomic mass is 32.1. The van der Waals surface area contributed by atoms with Crippen LogP contribution in [0.5, 0.6) is 11.5 Å². The van der Waals surface area contributed by atoms with Crippen LogP contribution in [0.25, 0.3) is 0 Å². The van der Waals surface area contributed by atoms with E-state index in [1.807, 2.05) is 29.6 Å². The van der Waals surface area contributed by atoms with Gasteiger partial charge in [-0.05, 0) is 23.6 Å². The van der Waals surface area contributed by atoms with Gasteiger partial charge in [-0.1, -0.05) is 18.2 Å². The van der Waals surface area contributed by atoms with Crippen molar-refractivity contribution in [3.05, 3.63) is 46.7 Å². The molecule has 2 N–H and O–H groups in total. The lowest BCUT2D eigenvalue weighted by Crippen LogP contribution is -2.45. The lowest BCUT2D eigenvalue weighted by atomic mass is 10.2. The second-order valence-corrected chi connectivity index (χ2v) is 6.19. The summed E-state index contributed by atoms with van der Waals surface area (Å²) in [5.41, 5.74) is 0. The Labute approximate surface area is 144 Å². The SMILES string of the molecule is O=C(NCC(OCCO)c1cccs1)C1COc2ccccc2O1. The molecule has 6 nitrogen and oxygen atoms in total. The molecule has 0 saturated carbocycles. The quantitative estimate of drug-likeness (QED) is 0.796. The van der Waals surface area contributed by atoms with E-state index < -0.39 is 6.10 Å². The van der Waals surface area contributed by atoms with Gasteiger partial charge < -0.3 is 24.6 Å². The maximum atomic E-state index is 12.3. The molecule has 1 aliphatic rings. The Bertz CT molecular complexity index is 661. The number of carbonyl (C=O) groups is 1. The summed E-state index contributed by atoms with van der Waals surface area (Å²) in [7, 11) is 0. The van der Waals surface area contributed by atoms with Crippen LogP contribution in [0.3, 0.4) is 0 Å². The van der Waals surface area contributed by atoms with Gasteiger partial charge in [0.1, 0.15) is 12.7 Å². The Balaban J connectivity index is 1.56. The van der Waals surface area contributed by atoms with Crippen LogP contribution in [-0.2, 0) is 9.53 Å². The second kappa shape index (κ2) is 8.14. The highest BCUT2D eigenvalue weighted by Crippen LogP contribution is 2.31. The monoisotopic (exact) mass is 349 g/mol. The van der Waals surface area contributed by atoms with Gasteiger partial charge in [0.05, 0.1) is 13.2 Å². The number of benzene rings is 1. The molecule has 0 spiro atoms. The molecule has 7 heteroatoms. The summed E-state index contributed by atoms with van der Waals surface area (Å²) in [5, 5.41) is 13.7. The molecule has 128 valence electrons. The van der Waals surface area contributed by atoms with E-state index in [2.05, 4.69) is 5.32 Å². The number of amides is 1. The molecule has 0 fully saturated rings. The number of hydrogen-bond donors (Lipinski definition) is 2. The number of nitrogens with one attached hydrogen (secondary N) is 1.